The summed E-state index contributed by atoms with van der Waals surface area (Å²) >= 11 is 1.98. The number of rotatable bonds is 1. The zero-order valence-corrected chi connectivity index (χ0v) is 11.5. The van der Waals surface area contributed by atoms with Crippen LogP contribution >= 0.6 is 22.6 Å². The zero-order chi connectivity index (χ0) is 13.3. The third-order valence-corrected chi connectivity index (χ3v) is 2.82. The van der Waals surface area contributed by atoms with Crippen LogP contribution in [0, 0.1) is 10.8 Å². The molecule has 0 aliphatic carbocycles. The van der Waals surface area contributed by atoms with Crippen molar-refractivity contribution in [2.45, 2.75) is 13.1 Å². The summed E-state index contributed by atoms with van der Waals surface area (Å²) in [5.41, 5.74) is 1.39. The van der Waals surface area contributed by atoms with Crippen molar-refractivity contribution >= 4 is 22.6 Å². The number of benzene rings is 1. The van der Waals surface area contributed by atoms with Gasteiger partial charge in [0.15, 0.2) is 3.83 Å². The first-order valence-electron chi connectivity index (χ1n) is 5.05. The smallest absolute Gasteiger partial charge is 0.228 e. The number of halogens is 4. The second-order valence-electron chi connectivity index (χ2n) is 3.74. The van der Waals surface area contributed by atoms with Gasteiger partial charge in [-0.05, 0) is 25.1 Å². The molecule has 0 unspecified atom stereocenters. The summed E-state index contributed by atoms with van der Waals surface area (Å²) in [7, 11) is 0. The lowest BCUT2D eigenvalue weighted by molar-refractivity contribution is -0.137. The van der Waals surface area contributed by atoms with Crippen LogP contribution in [0.2, 0.25) is 0 Å². The first-order chi connectivity index (χ1) is 8.36. The predicted molar refractivity (Wildman–Crippen MR) is 69.9 cm³/mol. The average Bonchev–Trinajstić information content (AvgIpc) is 2.27. The van der Waals surface area contributed by atoms with Crippen molar-refractivity contribution < 1.29 is 13.2 Å². The SMILES string of the molecule is Cc1cc(-c2ccc(C(F)(F)F)cc2)nc(I)n1. The van der Waals surface area contributed by atoms with E-state index in [0.717, 1.165) is 17.8 Å². The van der Waals surface area contributed by atoms with Gasteiger partial charge in [0.05, 0.1) is 11.3 Å². The predicted octanol–water partition coefficient (Wildman–Crippen LogP) is 4.08. The van der Waals surface area contributed by atoms with Crippen LogP contribution in [0.25, 0.3) is 11.3 Å². The van der Waals surface area contributed by atoms with Gasteiger partial charge in [0.25, 0.3) is 0 Å². The number of hydrogen-bond donors (Lipinski definition) is 0. The molecule has 0 saturated heterocycles. The Labute approximate surface area is 115 Å². The molecular weight excluding hydrogens is 356 g/mol. The summed E-state index contributed by atoms with van der Waals surface area (Å²) in [5.74, 6) is 0. The number of alkyl halides is 3. The zero-order valence-electron chi connectivity index (χ0n) is 9.29. The summed E-state index contributed by atoms with van der Waals surface area (Å²) in [4.78, 5) is 8.30. The van der Waals surface area contributed by atoms with E-state index in [0.29, 0.717) is 15.1 Å². The molecule has 0 spiro atoms. The van der Waals surface area contributed by atoms with Gasteiger partial charge in [-0.25, -0.2) is 9.97 Å². The molecule has 0 atom stereocenters. The van der Waals surface area contributed by atoms with Crippen molar-refractivity contribution in [2.24, 2.45) is 0 Å². The molecule has 1 aromatic carbocycles. The molecule has 0 aliphatic heterocycles. The van der Waals surface area contributed by atoms with Crippen LogP contribution in [0.4, 0.5) is 13.2 Å². The van der Waals surface area contributed by atoms with E-state index in [1.807, 2.05) is 29.5 Å². The highest BCUT2D eigenvalue weighted by Crippen LogP contribution is 2.30. The molecule has 6 heteroatoms. The van der Waals surface area contributed by atoms with Gasteiger partial charge in [-0.1, -0.05) is 12.1 Å². The molecule has 2 aromatic rings. The van der Waals surface area contributed by atoms with E-state index >= 15 is 0 Å². The molecule has 1 aromatic heterocycles. The van der Waals surface area contributed by atoms with E-state index in [2.05, 4.69) is 9.97 Å². The lowest BCUT2D eigenvalue weighted by Gasteiger charge is -2.07. The maximum Gasteiger partial charge on any atom is 0.416 e. The number of aryl methyl sites for hydroxylation is 1. The summed E-state index contributed by atoms with van der Waals surface area (Å²) in [5, 5.41) is 0. The van der Waals surface area contributed by atoms with Crippen molar-refractivity contribution in [3.8, 4) is 11.3 Å². The highest BCUT2D eigenvalue weighted by Gasteiger charge is 2.29. The Morgan fingerprint density at radius 1 is 1.06 bits per heavy atom. The molecule has 1 heterocycles. The van der Waals surface area contributed by atoms with Crippen molar-refractivity contribution in [2.75, 3.05) is 0 Å². The van der Waals surface area contributed by atoms with Crippen LogP contribution < -0.4 is 0 Å². The minimum atomic E-state index is -4.31. The van der Waals surface area contributed by atoms with E-state index < -0.39 is 11.7 Å². The fourth-order valence-electron chi connectivity index (χ4n) is 1.51. The van der Waals surface area contributed by atoms with Gasteiger partial charge < -0.3 is 0 Å². The van der Waals surface area contributed by atoms with E-state index in [1.165, 1.54) is 12.1 Å². The Morgan fingerprint density at radius 2 is 1.67 bits per heavy atom. The van der Waals surface area contributed by atoms with Gasteiger partial charge in [-0.15, -0.1) is 0 Å². The molecule has 0 fully saturated rings. The highest BCUT2D eigenvalue weighted by atomic mass is 127. The van der Waals surface area contributed by atoms with Crippen LogP contribution in [0.3, 0.4) is 0 Å². The Balaban J connectivity index is 2.40. The quantitative estimate of drug-likeness (QED) is 0.563. The summed E-state index contributed by atoms with van der Waals surface area (Å²) in [6.07, 6.45) is -4.31. The molecular formula is C12H8F3IN2. The van der Waals surface area contributed by atoms with Crippen LogP contribution in [0.15, 0.2) is 30.3 Å². The van der Waals surface area contributed by atoms with Gasteiger partial charge in [0.1, 0.15) is 0 Å². The Hall–Kier alpha value is -1.18. The minimum Gasteiger partial charge on any atom is -0.228 e. The molecule has 0 bridgehead atoms. The van der Waals surface area contributed by atoms with Crippen molar-refractivity contribution in [3.05, 3.63) is 45.4 Å². The van der Waals surface area contributed by atoms with Gasteiger partial charge >= 0.3 is 6.18 Å². The van der Waals surface area contributed by atoms with Crippen LogP contribution in [-0.4, -0.2) is 9.97 Å². The van der Waals surface area contributed by atoms with Gasteiger partial charge in [-0.2, -0.15) is 13.2 Å². The van der Waals surface area contributed by atoms with E-state index in [9.17, 15) is 13.2 Å². The van der Waals surface area contributed by atoms with Gasteiger partial charge in [-0.3, -0.25) is 0 Å². The monoisotopic (exact) mass is 364 g/mol. The second kappa shape index (κ2) is 4.83. The van der Waals surface area contributed by atoms with Crippen molar-refractivity contribution in [1.29, 1.82) is 0 Å². The maximum absolute atomic E-state index is 12.4. The molecule has 94 valence electrons. The van der Waals surface area contributed by atoms with Gasteiger partial charge in [0, 0.05) is 33.8 Å². The summed E-state index contributed by atoms with van der Waals surface area (Å²) < 4.78 is 37.8. The van der Waals surface area contributed by atoms with Gasteiger partial charge in [0.2, 0.25) is 0 Å². The molecule has 2 nitrogen and oxygen atoms in total. The number of nitrogens with zero attached hydrogens (tertiary/aromatic N) is 2. The van der Waals surface area contributed by atoms with Crippen molar-refractivity contribution in [1.82, 2.24) is 9.97 Å². The topological polar surface area (TPSA) is 25.8 Å². The van der Waals surface area contributed by atoms with E-state index in [4.69, 9.17) is 0 Å². The largest absolute Gasteiger partial charge is 0.416 e. The fraction of sp³-hybridized carbons (Fsp3) is 0.167. The number of hydrogen-bond acceptors (Lipinski definition) is 2. The normalized spacial score (nSPS) is 11.6. The molecule has 0 N–H and O–H groups in total. The molecule has 2 rings (SSSR count). The second-order valence-corrected chi connectivity index (χ2v) is 4.70. The van der Waals surface area contributed by atoms with Crippen molar-refractivity contribution in [3.63, 3.8) is 0 Å². The summed E-state index contributed by atoms with van der Waals surface area (Å²) in [6.45, 7) is 1.82. The minimum absolute atomic E-state index is 0.572. The third-order valence-electron chi connectivity index (χ3n) is 2.33. The average molecular weight is 364 g/mol. The Morgan fingerprint density at radius 3 is 2.17 bits per heavy atom. The fourth-order valence-corrected chi connectivity index (χ4v) is 2.15. The van der Waals surface area contributed by atoms with Crippen LogP contribution in [-0.2, 0) is 6.18 Å². The Kier molecular flexibility index (Phi) is 3.56. The third kappa shape index (κ3) is 2.98. The number of aromatic nitrogens is 2. The molecule has 0 saturated carbocycles. The molecule has 0 radical (unpaired) electrons. The highest BCUT2D eigenvalue weighted by molar-refractivity contribution is 14.1. The standard InChI is InChI=1S/C12H8F3IN2/c1-7-6-10(18-11(16)17-7)8-2-4-9(5-3-8)12(13,14)15/h2-6H,1H3. The molecule has 0 amide bonds. The molecule has 0 aliphatic rings. The van der Waals surface area contributed by atoms with Crippen LogP contribution in [0.1, 0.15) is 11.3 Å². The lowest BCUT2D eigenvalue weighted by atomic mass is 10.1. The Bertz CT molecular complexity index is 544. The van der Waals surface area contributed by atoms with E-state index in [-0.39, 0.29) is 0 Å². The molecule has 18 heavy (non-hydrogen) atoms. The summed E-state index contributed by atoms with van der Waals surface area (Å²) in [6, 6.07) is 6.69. The first kappa shape index (κ1) is 13.3. The lowest BCUT2D eigenvalue weighted by Crippen LogP contribution is -2.04. The van der Waals surface area contributed by atoms with Crippen LogP contribution in [0.5, 0.6) is 0 Å². The maximum atomic E-state index is 12.4. The van der Waals surface area contributed by atoms with E-state index in [1.54, 1.807) is 6.07 Å². The first-order valence-corrected chi connectivity index (χ1v) is 6.13.